The number of carbonyl (C=O) groups is 1. The number of amides is 1. The molecule has 0 aromatic carbocycles. The second-order valence-electron chi connectivity index (χ2n) is 4.43. The molecule has 1 aromatic rings. The summed E-state index contributed by atoms with van der Waals surface area (Å²) in [5.74, 6) is 0.291. The maximum absolute atomic E-state index is 12.4. The average Bonchev–Trinajstić information content (AvgIpc) is 2.32. The molecule has 0 radical (unpaired) electrons. The lowest BCUT2D eigenvalue weighted by molar-refractivity contribution is 0.0636. The number of halogens is 1. The van der Waals surface area contributed by atoms with Gasteiger partial charge in [-0.1, -0.05) is 0 Å². The highest BCUT2D eigenvalue weighted by molar-refractivity contribution is 9.10. The van der Waals surface area contributed by atoms with Crippen molar-refractivity contribution >= 4 is 27.7 Å². The van der Waals surface area contributed by atoms with E-state index in [1.54, 1.807) is 12.3 Å². The quantitative estimate of drug-likeness (QED) is 0.866. The van der Waals surface area contributed by atoms with Gasteiger partial charge >= 0.3 is 0 Å². The average molecular weight is 298 g/mol. The lowest BCUT2D eigenvalue weighted by Gasteiger charge is -2.33. The zero-order chi connectivity index (χ0) is 12.4. The molecule has 4 nitrogen and oxygen atoms in total. The zero-order valence-electron chi connectivity index (χ0n) is 9.82. The SMILES string of the molecule is CC1CCCCN1C(=O)c1cc(Br)cnc1N. The van der Waals surface area contributed by atoms with Gasteiger partial charge in [0.25, 0.3) is 5.91 Å². The maximum atomic E-state index is 12.4. The highest BCUT2D eigenvalue weighted by atomic mass is 79.9. The maximum Gasteiger partial charge on any atom is 0.257 e. The molecule has 1 saturated heterocycles. The number of rotatable bonds is 1. The van der Waals surface area contributed by atoms with Crippen molar-refractivity contribution in [3.05, 3.63) is 22.3 Å². The van der Waals surface area contributed by atoms with Crippen LogP contribution in [0.2, 0.25) is 0 Å². The van der Waals surface area contributed by atoms with Crippen LogP contribution in [0.15, 0.2) is 16.7 Å². The molecule has 1 unspecified atom stereocenters. The minimum atomic E-state index is -0.0106. The molecule has 1 aromatic heterocycles. The van der Waals surface area contributed by atoms with Crippen LogP contribution in [0.1, 0.15) is 36.5 Å². The van der Waals surface area contributed by atoms with Crippen molar-refractivity contribution in [1.82, 2.24) is 9.88 Å². The summed E-state index contributed by atoms with van der Waals surface area (Å²) in [6.07, 6.45) is 4.92. The second-order valence-corrected chi connectivity index (χ2v) is 5.35. The number of hydrogen-bond acceptors (Lipinski definition) is 3. The first-order chi connectivity index (χ1) is 8.09. The Kier molecular flexibility index (Phi) is 3.66. The molecule has 0 spiro atoms. The number of anilines is 1. The fraction of sp³-hybridized carbons (Fsp3) is 0.500. The first-order valence-corrected chi connectivity index (χ1v) is 6.61. The summed E-state index contributed by atoms with van der Waals surface area (Å²) in [6, 6.07) is 2.03. The first kappa shape index (κ1) is 12.4. The third-order valence-corrected chi connectivity index (χ3v) is 3.61. The van der Waals surface area contributed by atoms with Gasteiger partial charge < -0.3 is 10.6 Å². The summed E-state index contributed by atoms with van der Waals surface area (Å²) in [7, 11) is 0. The van der Waals surface area contributed by atoms with E-state index >= 15 is 0 Å². The predicted octanol–water partition coefficient (Wildman–Crippen LogP) is 2.44. The molecular weight excluding hydrogens is 282 g/mol. The van der Waals surface area contributed by atoms with E-state index in [2.05, 4.69) is 27.8 Å². The highest BCUT2D eigenvalue weighted by Crippen LogP contribution is 2.22. The summed E-state index contributed by atoms with van der Waals surface area (Å²) in [6.45, 7) is 2.89. The minimum absolute atomic E-state index is 0.0106. The number of carbonyl (C=O) groups excluding carboxylic acids is 1. The summed E-state index contributed by atoms with van der Waals surface area (Å²) >= 11 is 3.31. The highest BCUT2D eigenvalue weighted by Gasteiger charge is 2.25. The van der Waals surface area contributed by atoms with E-state index in [9.17, 15) is 4.79 Å². The molecule has 0 saturated carbocycles. The Bertz CT molecular complexity index is 436. The van der Waals surface area contributed by atoms with Crippen molar-refractivity contribution in [2.75, 3.05) is 12.3 Å². The van der Waals surface area contributed by atoms with Crippen LogP contribution in [0.3, 0.4) is 0 Å². The molecule has 0 bridgehead atoms. The van der Waals surface area contributed by atoms with E-state index < -0.39 is 0 Å². The Labute approximate surface area is 109 Å². The third-order valence-electron chi connectivity index (χ3n) is 3.18. The Morgan fingerprint density at radius 3 is 3.06 bits per heavy atom. The molecule has 5 heteroatoms. The van der Waals surface area contributed by atoms with Crippen LogP contribution in [-0.4, -0.2) is 28.4 Å². The fourth-order valence-electron chi connectivity index (χ4n) is 2.18. The van der Waals surface area contributed by atoms with Crippen LogP contribution >= 0.6 is 15.9 Å². The topological polar surface area (TPSA) is 59.2 Å². The van der Waals surface area contributed by atoms with Gasteiger partial charge in [-0.15, -0.1) is 0 Å². The summed E-state index contributed by atoms with van der Waals surface area (Å²) in [5, 5.41) is 0. The molecule has 1 amide bonds. The monoisotopic (exact) mass is 297 g/mol. The van der Waals surface area contributed by atoms with Crippen molar-refractivity contribution in [3.8, 4) is 0 Å². The molecule has 92 valence electrons. The molecule has 2 heterocycles. The van der Waals surface area contributed by atoms with Crippen LogP contribution in [0, 0.1) is 0 Å². The summed E-state index contributed by atoms with van der Waals surface area (Å²) < 4.78 is 0.778. The first-order valence-electron chi connectivity index (χ1n) is 5.81. The number of nitrogens with zero attached hydrogens (tertiary/aromatic N) is 2. The van der Waals surface area contributed by atoms with Crippen molar-refractivity contribution in [2.45, 2.75) is 32.2 Å². The molecule has 17 heavy (non-hydrogen) atoms. The van der Waals surface area contributed by atoms with Gasteiger partial charge in [0.15, 0.2) is 0 Å². The van der Waals surface area contributed by atoms with Crippen LogP contribution in [-0.2, 0) is 0 Å². The fourth-order valence-corrected chi connectivity index (χ4v) is 2.51. The van der Waals surface area contributed by atoms with Crippen LogP contribution in [0.4, 0.5) is 5.82 Å². The Morgan fingerprint density at radius 1 is 1.59 bits per heavy atom. The minimum Gasteiger partial charge on any atom is -0.383 e. The number of likely N-dealkylation sites (tertiary alicyclic amines) is 1. The molecule has 2 N–H and O–H groups in total. The van der Waals surface area contributed by atoms with Crippen molar-refractivity contribution in [3.63, 3.8) is 0 Å². The molecule has 1 aliphatic heterocycles. The molecular formula is C12H16BrN3O. The van der Waals surface area contributed by atoms with Gasteiger partial charge in [0, 0.05) is 23.3 Å². The van der Waals surface area contributed by atoms with Crippen LogP contribution in [0.25, 0.3) is 0 Å². The molecule has 1 fully saturated rings. The number of aromatic nitrogens is 1. The normalized spacial score (nSPS) is 20.4. The lowest BCUT2D eigenvalue weighted by Crippen LogP contribution is -2.42. The number of nitrogens with two attached hydrogens (primary N) is 1. The molecule has 2 rings (SSSR count). The van der Waals surface area contributed by atoms with Crippen molar-refractivity contribution in [1.29, 1.82) is 0 Å². The van der Waals surface area contributed by atoms with E-state index in [-0.39, 0.29) is 11.9 Å². The summed E-state index contributed by atoms with van der Waals surface area (Å²) in [5.41, 5.74) is 6.26. The summed E-state index contributed by atoms with van der Waals surface area (Å²) in [4.78, 5) is 18.3. The van der Waals surface area contributed by atoms with E-state index in [1.807, 2.05) is 4.90 Å². The van der Waals surface area contributed by atoms with Gasteiger partial charge in [-0.25, -0.2) is 4.98 Å². The van der Waals surface area contributed by atoms with E-state index in [0.29, 0.717) is 11.4 Å². The van der Waals surface area contributed by atoms with E-state index in [0.717, 1.165) is 23.9 Å². The number of hydrogen-bond donors (Lipinski definition) is 1. The van der Waals surface area contributed by atoms with Gasteiger partial charge in [-0.05, 0) is 48.2 Å². The van der Waals surface area contributed by atoms with Gasteiger partial charge in [0.1, 0.15) is 5.82 Å². The van der Waals surface area contributed by atoms with Crippen molar-refractivity contribution in [2.24, 2.45) is 0 Å². The van der Waals surface area contributed by atoms with Gasteiger partial charge in [-0.3, -0.25) is 4.79 Å². The lowest BCUT2D eigenvalue weighted by atomic mass is 10.0. The predicted molar refractivity (Wildman–Crippen MR) is 70.7 cm³/mol. The second kappa shape index (κ2) is 5.04. The Morgan fingerprint density at radius 2 is 2.35 bits per heavy atom. The number of nitrogen functional groups attached to an aromatic ring is 1. The van der Waals surface area contributed by atoms with Crippen LogP contribution < -0.4 is 5.73 Å². The number of piperidine rings is 1. The van der Waals surface area contributed by atoms with Crippen molar-refractivity contribution < 1.29 is 4.79 Å². The van der Waals surface area contributed by atoms with Gasteiger partial charge in [-0.2, -0.15) is 0 Å². The van der Waals surface area contributed by atoms with Gasteiger partial charge in [0.05, 0.1) is 5.56 Å². The largest absolute Gasteiger partial charge is 0.383 e. The molecule has 0 aliphatic carbocycles. The van der Waals surface area contributed by atoms with Crippen LogP contribution in [0.5, 0.6) is 0 Å². The van der Waals surface area contributed by atoms with Gasteiger partial charge in [0.2, 0.25) is 0 Å². The Hall–Kier alpha value is -1.10. The zero-order valence-corrected chi connectivity index (χ0v) is 11.4. The number of pyridine rings is 1. The smallest absolute Gasteiger partial charge is 0.257 e. The standard InChI is InChI=1S/C12H16BrN3O/c1-8-4-2-3-5-16(8)12(17)10-6-9(13)7-15-11(10)14/h6-8H,2-5H2,1H3,(H2,14,15). The molecule has 1 atom stereocenters. The Balaban J connectivity index is 2.26. The molecule has 1 aliphatic rings. The van der Waals surface area contributed by atoms with E-state index in [4.69, 9.17) is 5.73 Å². The third kappa shape index (κ3) is 2.60. The van der Waals surface area contributed by atoms with E-state index in [1.165, 1.54) is 6.42 Å².